The molecule has 0 amide bonds. The van der Waals surface area contributed by atoms with Gasteiger partial charge >= 0.3 is 0 Å². The molecule has 0 spiro atoms. The number of halogens is 1. The molecule has 2 aromatic carbocycles. The molecule has 0 fully saturated rings. The third kappa shape index (κ3) is 2.25. The summed E-state index contributed by atoms with van der Waals surface area (Å²) in [6.45, 7) is 1.16. The van der Waals surface area contributed by atoms with Crippen LogP contribution in [0, 0.1) is 5.82 Å². The number of nitrogens with two attached hydrogens (primary N) is 1. The predicted octanol–water partition coefficient (Wildman–Crippen LogP) is 3.29. The van der Waals surface area contributed by atoms with Crippen molar-refractivity contribution in [1.29, 1.82) is 0 Å². The van der Waals surface area contributed by atoms with Gasteiger partial charge in [-0.25, -0.2) is 4.39 Å². The van der Waals surface area contributed by atoms with Crippen LogP contribution in [0.3, 0.4) is 0 Å². The summed E-state index contributed by atoms with van der Waals surface area (Å²) in [5, 5.41) is 1.17. The van der Waals surface area contributed by atoms with Crippen molar-refractivity contribution in [2.45, 2.75) is 13.1 Å². The molecule has 0 aliphatic heterocycles. The molecular formula is C16H15FN2. The number of nitrogens with zero attached hydrogens (tertiary/aromatic N) is 1. The number of hydrogen-bond acceptors (Lipinski definition) is 1. The first kappa shape index (κ1) is 11.9. The number of benzene rings is 2. The fourth-order valence-corrected chi connectivity index (χ4v) is 2.47. The van der Waals surface area contributed by atoms with E-state index in [0.29, 0.717) is 13.1 Å². The third-order valence-electron chi connectivity index (χ3n) is 3.33. The van der Waals surface area contributed by atoms with Crippen molar-refractivity contribution < 1.29 is 4.39 Å². The Hall–Kier alpha value is -2.13. The summed E-state index contributed by atoms with van der Waals surface area (Å²) in [4.78, 5) is 0. The van der Waals surface area contributed by atoms with E-state index in [1.54, 1.807) is 12.1 Å². The molecule has 2 N–H and O–H groups in total. The number of fused-ring (bicyclic) bond motifs is 1. The minimum Gasteiger partial charge on any atom is -0.343 e. The third-order valence-corrected chi connectivity index (χ3v) is 3.33. The predicted molar refractivity (Wildman–Crippen MR) is 75.3 cm³/mol. The number of hydrogen-bond donors (Lipinski definition) is 1. The van der Waals surface area contributed by atoms with E-state index < -0.39 is 0 Å². The lowest BCUT2D eigenvalue weighted by atomic mass is 10.1. The van der Waals surface area contributed by atoms with Crippen LogP contribution in [-0.2, 0) is 13.1 Å². The number of aromatic nitrogens is 1. The molecule has 3 aromatic rings. The molecule has 96 valence electrons. The van der Waals surface area contributed by atoms with Crippen molar-refractivity contribution in [3.8, 4) is 0 Å². The highest BCUT2D eigenvalue weighted by atomic mass is 19.1. The summed E-state index contributed by atoms with van der Waals surface area (Å²) in [7, 11) is 0. The van der Waals surface area contributed by atoms with Gasteiger partial charge in [0.25, 0.3) is 0 Å². The maximum Gasteiger partial charge on any atom is 0.123 e. The Kier molecular flexibility index (Phi) is 3.05. The van der Waals surface area contributed by atoms with Crippen LogP contribution in [0.15, 0.2) is 54.7 Å². The van der Waals surface area contributed by atoms with E-state index in [2.05, 4.69) is 16.7 Å². The minimum atomic E-state index is -0.201. The second kappa shape index (κ2) is 4.86. The fourth-order valence-electron chi connectivity index (χ4n) is 2.47. The van der Waals surface area contributed by atoms with Gasteiger partial charge in [-0.15, -0.1) is 0 Å². The molecule has 1 heterocycles. The Labute approximate surface area is 111 Å². The topological polar surface area (TPSA) is 30.9 Å². The molecule has 0 aliphatic rings. The first-order chi connectivity index (χ1) is 9.28. The first-order valence-corrected chi connectivity index (χ1v) is 6.29. The smallest absolute Gasteiger partial charge is 0.123 e. The van der Waals surface area contributed by atoms with Gasteiger partial charge in [-0.1, -0.05) is 30.3 Å². The summed E-state index contributed by atoms with van der Waals surface area (Å²) >= 11 is 0. The average molecular weight is 254 g/mol. The van der Waals surface area contributed by atoms with Crippen molar-refractivity contribution in [2.24, 2.45) is 5.73 Å². The molecule has 1 aromatic heterocycles. The summed E-state index contributed by atoms with van der Waals surface area (Å²) in [6.07, 6.45) is 2.02. The van der Waals surface area contributed by atoms with Crippen LogP contribution in [0.4, 0.5) is 4.39 Å². The van der Waals surface area contributed by atoms with E-state index in [0.717, 1.165) is 16.6 Å². The van der Waals surface area contributed by atoms with Gasteiger partial charge in [-0.05, 0) is 34.7 Å². The Morgan fingerprint density at radius 3 is 2.68 bits per heavy atom. The lowest BCUT2D eigenvalue weighted by molar-refractivity contribution is 0.624. The summed E-state index contributed by atoms with van der Waals surface area (Å²) in [5.74, 6) is -0.201. The second-order valence-electron chi connectivity index (χ2n) is 4.63. The second-order valence-corrected chi connectivity index (χ2v) is 4.63. The Morgan fingerprint density at radius 1 is 1.05 bits per heavy atom. The van der Waals surface area contributed by atoms with E-state index in [9.17, 15) is 4.39 Å². The lowest BCUT2D eigenvalue weighted by Crippen LogP contribution is -2.03. The van der Waals surface area contributed by atoms with Crippen LogP contribution in [0.2, 0.25) is 0 Å². The van der Waals surface area contributed by atoms with Crippen LogP contribution < -0.4 is 5.73 Å². The van der Waals surface area contributed by atoms with Crippen molar-refractivity contribution in [3.63, 3.8) is 0 Å². The highest BCUT2D eigenvalue weighted by Gasteiger charge is 2.06. The molecule has 0 atom stereocenters. The summed E-state index contributed by atoms with van der Waals surface area (Å²) in [6, 6.07) is 14.9. The standard InChI is InChI=1S/C16H15FN2/c17-15-6-1-3-12(9-15)11-19-8-7-13-4-2-5-14(10-18)16(13)19/h1-9H,10-11,18H2. The zero-order valence-electron chi connectivity index (χ0n) is 10.5. The SMILES string of the molecule is NCc1cccc2ccn(Cc3cccc(F)c3)c12. The monoisotopic (exact) mass is 254 g/mol. The average Bonchev–Trinajstić information content (AvgIpc) is 2.82. The molecule has 0 bridgehead atoms. The van der Waals surface area contributed by atoms with Crippen molar-refractivity contribution in [3.05, 3.63) is 71.7 Å². The Balaban J connectivity index is 2.06. The molecule has 0 unspecified atom stereocenters. The molecule has 3 rings (SSSR count). The van der Waals surface area contributed by atoms with E-state index in [4.69, 9.17) is 5.73 Å². The van der Waals surface area contributed by atoms with Gasteiger partial charge in [-0.2, -0.15) is 0 Å². The summed E-state index contributed by atoms with van der Waals surface area (Å²) in [5.41, 5.74) is 8.98. The number of para-hydroxylation sites is 1. The number of rotatable bonds is 3. The van der Waals surface area contributed by atoms with E-state index >= 15 is 0 Å². The van der Waals surface area contributed by atoms with Crippen molar-refractivity contribution in [1.82, 2.24) is 4.57 Å². The van der Waals surface area contributed by atoms with Gasteiger partial charge in [0, 0.05) is 19.3 Å². The van der Waals surface area contributed by atoms with E-state index in [-0.39, 0.29) is 5.82 Å². The van der Waals surface area contributed by atoms with Gasteiger partial charge in [0.15, 0.2) is 0 Å². The van der Waals surface area contributed by atoms with Gasteiger partial charge < -0.3 is 10.3 Å². The highest BCUT2D eigenvalue weighted by Crippen LogP contribution is 2.21. The first-order valence-electron chi connectivity index (χ1n) is 6.29. The van der Waals surface area contributed by atoms with Crippen LogP contribution >= 0.6 is 0 Å². The maximum absolute atomic E-state index is 13.2. The lowest BCUT2D eigenvalue weighted by Gasteiger charge is -2.09. The molecule has 19 heavy (non-hydrogen) atoms. The molecule has 0 saturated heterocycles. The zero-order chi connectivity index (χ0) is 13.2. The molecular weight excluding hydrogens is 239 g/mol. The largest absolute Gasteiger partial charge is 0.343 e. The Morgan fingerprint density at radius 2 is 1.89 bits per heavy atom. The van der Waals surface area contributed by atoms with Crippen LogP contribution in [0.25, 0.3) is 10.9 Å². The molecule has 0 radical (unpaired) electrons. The molecule has 0 aliphatic carbocycles. The Bertz CT molecular complexity index is 716. The van der Waals surface area contributed by atoms with Gasteiger partial charge in [0.05, 0.1) is 5.52 Å². The fraction of sp³-hybridized carbons (Fsp3) is 0.125. The van der Waals surface area contributed by atoms with Gasteiger partial charge in [0.2, 0.25) is 0 Å². The summed E-state index contributed by atoms with van der Waals surface area (Å²) < 4.78 is 15.3. The zero-order valence-corrected chi connectivity index (χ0v) is 10.5. The van der Waals surface area contributed by atoms with Crippen LogP contribution in [-0.4, -0.2) is 4.57 Å². The van der Waals surface area contributed by atoms with E-state index in [1.165, 1.54) is 11.5 Å². The van der Waals surface area contributed by atoms with Crippen molar-refractivity contribution >= 4 is 10.9 Å². The van der Waals surface area contributed by atoms with Gasteiger partial charge in [-0.3, -0.25) is 0 Å². The maximum atomic E-state index is 13.2. The van der Waals surface area contributed by atoms with Crippen LogP contribution in [0.5, 0.6) is 0 Å². The molecule has 0 saturated carbocycles. The normalized spacial score (nSPS) is 11.1. The van der Waals surface area contributed by atoms with Crippen LogP contribution in [0.1, 0.15) is 11.1 Å². The van der Waals surface area contributed by atoms with Gasteiger partial charge in [0.1, 0.15) is 5.82 Å². The van der Waals surface area contributed by atoms with E-state index in [1.807, 2.05) is 24.4 Å². The quantitative estimate of drug-likeness (QED) is 0.764. The highest BCUT2D eigenvalue weighted by molar-refractivity contribution is 5.83. The minimum absolute atomic E-state index is 0.201. The van der Waals surface area contributed by atoms with Crippen molar-refractivity contribution in [2.75, 3.05) is 0 Å². The molecule has 2 nitrogen and oxygen atoms in total. The molecule has 3 heteroatoms.